The van der Waals surface area contributed by atoms with Crippen molar-refractivity contribution in [3.63, 3.8) is 0 Å². The lowest BCUT2D eigenvalue weighted by Gasteiger charge is -2.08. The Morgan fingerprint density at radius 3 is 2.52 bits per heavy atom. The monoisotopic (exact) mass is 348 g/mol. The van der Waals surface area contributed by atoms with Crippen molar-refractivity contribution in [3.8, 4) is 0 Å². The van der Waals surface area contributed by atoms with Gasteiger partial charge in [0.2, 0.25) is 0 Å². The highest BCUT2D eigenvalue weighted by molar-refractivity contribution is 7.98. The van der Waals surface area contributed by atoms with Crippen LogP contribution in [-0.2, 0) is 5.75 Å². The lowest BCUT2D eigenvalue weighted by Crippen LogP contribution is -2.12. The number of rotatable bonds is 5. The summed E-state index contributed by atoms with van der Waals surface area (Å²) in [6.07, 6.45) is 3.66. The van der Waals surface area contributed by atoms with Crippen LogP contribution in [0.15, 0.2) is 71.9 Å². The average molecular weight is 348 g/mol. The Bertz CT molecular complexity index is 861. The molecule has 1 aromatic heterocycles. The first kappa shape index (κ1) is 17.2. The van der Waals surface area contributed by atoms with Gasteiger partial charge >= 0.3 is 0 Å². The molecule has 0 fully saturated rings. The van der Waals surface area contributed by atoms with Crippen molar-refractivity contribution in [2.45, 2.75) is 24.5 Å². The minimum absolute atomic E-state index is 0.0844. The van der Waals surface area contributed by atoms with Crippen molar-refractivity contribution in [1.29, 1.82) is 0 Å². The van der Waals surface area contributed by atoms with Crippen molar-refractivity contribution < 1.29 is 4.79 Å². The fraction of sp³-hybridized carbons (Fsp3) is 0.143. The number of hydrogen-bond donors (Lipinski definition) is 1. The first-order valence-electron chi connectivity index (χ1n) is 8.12. The van der Waals surface area contributed by atoms with Gasteiger partial charge in [-0.05, 0) is 73.0 Å². The zero-order chi connectivity index (χ0) is 17.6. The molecule has 0 aliphatic rings. The van der Waals surface area contributed by atoms with E-state index in [1.807, 2.05) is 68.6 Å². The molecule has 3 aromatic rings. The maximum Gasteiger partial charge on any atom is 0.255 e. The molecule has 1 heterocycles. The summed E-state index contributed by atoms with van der Waals surface area (Å²) in [4.78, 5) is 17.6. The van der Waals surface area contributed by atoms with Gasteiger partial charge in [-0.1, -0.05) is 12.1 Å². The number of anilines is 1. The van der Waals surface area contributed by atoms with Gasteiger partial charge in [0.1, 0.15) is 0 Å². The zero-order valence-electron chi connectivity index (χ0n) is 14.3. The van der Waals surface area contributed by atoms with Crippen LogP contribution in [-0.4, -0.2) is 10.9 Å². The molecule has 126 valence electrons. The molecule has 0 saturated heterocycles. The summed E-state index contributed by atoms with van der Waals surface area (Å²) < 4.78 is 0. The fourth-order valence-electron chi connectivity index (χ4n) is 2.37. The van der Waals surface area contributed by atoms with E-state index in [9.17, 15) is 4.79 Å². The smallest absolute Gasteiger partial charge is 0.255 e. The van der Waals surface area contributed by atoms with Crippen LogP contribution in [0.3, 0.4) is 0 Å². The van der Waals surface area contributed by atoms with Gasteiger partial charge in [0.05, 0.1) is 0 Å². The molecule has 0 aliphatic carbocycles. The number of aromatic nitrogens is 1. The second kappa shape index (κ2) is 7.99. The maximum absolute atomic E-state index is 12.3. The van der Waals surface area contributed by atoms with Crippen LogP contribution >= 0.6 is 11.8 Å². The normalized spacial score (nSPS) is 10.5. The van der Waals surface area contributed by atoms with Crippen LogP contribution in [0.4, 0.5) is 5.69 Å². The van der Waals surface area contributed by atoms with Gasteiger partial charge < -0.3 is 5.32 Å². The Morgan fingerprint density at radius 1 is 1.04 bits per heavy atom. The molecule has 0 aliphatic heterocycles. The van der Waals surface area contributed by atoms with Gasteiger partial charge in [0, 0.05) is 34.3 Å². The van der Waals surface area contributed by atoms with Crippen LogP contribution in [0, 0.1) is 13.8 Å². The van der Waals surface area contributed by atoms with E-state index in [0.29, 0.717) is 5.56 Å². The van der Waals surface area contributed by atoms with E-state index in [4.69, 9.17) is 0 Å². The molecule has 1 amide bonds. The highest BCUT2D eigenvalue weighted by atomic mass is 32.2. The Labute approximate surface area is 152 Å². The fourth-order valence-corrected chi connectivity index (χ4v) is 3.20. The molecular weight excluding hydrogens is 328 g/mol. The quantitative estimate of drug-likeness (QED) is 0.641. The number of nitrogens with one attached hydrogen (secondary N) is 1. The van der Waals surface area contributed by atoms with Crippen LogP contribution in [0.5, 0.6) is 0 Å². The van der Waals surface area contributed by atoms with E-state index in [2.05, 4.69) is 16.4 Å². The van der Waals surface area contributed by atoms with E-state index in [0.717, 1.165) is 21.9 Å². The zero-order valence-corrected chi connectivity index (χ0v) is 15.1. The van der Waals surface area contributed by atoms with Crippen molar-refractivity contribution in [2.75, 3.05) is 5.32 Å². The average Bonchev–Trinajstić information content (AvgIpc) is 2.64. The first-order valence-corrected chi connectivity index (χ1v) is 9.11. The third kappa shape index (κ3) is 4.70. The number of amides is 1. The summed E-state index contributed by atoms with van der Waals surface area (Å²) in [5, 5.41) is 2.95. The number of aryl methyl sites for hydroxylation is 2. The van der Waals surface area contributed by atoms with Crippen LogP contribution in [0.1, 0.15) is 27.0 Å². The standard InChI is InChI=1S/C21H20N2OS/c1-15-5-6-18(12-16(15)2)21(24)23-19-7-9-20(10-8-19)25-14-17-4-3-11-22-13-17/h3-13H,14H2,1-2H3,(H,23,24). The minimum Gasteiger partial charge on any atom is -0.322 e. The van der Waals surface area contributed by atoms with Gasteiger partial charge in [-0.25, -0.2) is 0 Å². The molecule has 0 bridgehead atoms. The van der Waals surface area contributed by atoms with Crippen molar-refractivity contribution >= 4 is 23.4 Å². The lowest BCUT2D eigenvalue weighted by atomic mass is 10.1. The van der Waals surface area contributed by atoms with Gasteiger partial charge in [0.25, 0.3) is 5.91 Å². The number of carbonyl (C=O) groups is 1. The molecule has 4 heteroatoms. The molecule has 3 nitrogen and oxygen atoms in total. The van der Waals surface area contributed by atoms with Crippen LogP contribution in [0.25, 0.3) is 0 Å². The Balaban J connectivity index is 1.60. The van der Waals surface area contributed by atoms with Crippen LogP contribution in [0.2, 0.25) is 0 Å². The van der Waals surface area contributed by atoms with Gasteiger partial charge in [-0.3, -0.25) is 9.78 Å². The molecule has 25 heavy (non-hydrogen) atoms. The molecule has 0 unspecified atom stereocenters. The molecule has 2 aromatic carbocycles. The van der Waals surface area contributed by atoms with E-state index in [1.54, 1.807) is 18.0 Å². The SMILES string of the molecule is Cc1ccc(C(=O)Nc2ccc(SCc3cccnc3)cc2)cc1C. The van der Waals surface area contributed by atoms with Crippen molar-refractivity contribution in [2.24, 2.45) is 0 Å². The summed E-state index contributed by atoms with van der Waals surface area (Å²) in [7, 11) is 0. The third-order valence-electron chi connectivity index (χ3n) is 4.01. The Hall–Kier alpha value is -2.59. The van der Waals surface area contributed by atoms with Crippen LogP contribution < -0.4 is 5.32 Å². The Kier molecular flexibility index (Phi) is 5.51. The summed E-state index contributed by atoms with van der Waals surface area (Å²) >= 11 is 1.75. The lowest BCUT2D eigenvalue weighted by molar-refractivity contribution is 0.102. The molecule has 3 rings (SSSR count). The van der Waals surface area contributed by atoms with Crippen molar-refractivity contribution in [3.05, 3.63) is 89.2 Å². The highest BCUT2D eigenvalue weighted by Crippen LogP contribution is 2.24. The predicted octanol–water partition coefficient (Wildman–Crippen LogP) is 5.24. The second-order valence-corrected chi connectivity index (χ2v) is 6.98. The number of thioether (sulfide) groups is 1. The topological polar surface area (TPSA) is 42.0 Å². The number of pyridine rings is 1. The molecular formula is C21H20N2OS. The van der Waals surface area contributed by atoms with E-state index in [-0.39, 0.29) is 5.91 Å². The predicted molar refractivity (Wildman–Crippen MR) is 104 cm³/mol. The molecule has 0 saturated carbocycles. The second-order valence-electron chi connectivity index (χ2n) is 5.93. The summed E-state index contributed by atoms with van der Waals surface area (Å²) in [5.74, 6) is 0.793. The van der Waals surface area contributed by atoms with Crippen molar-refractivity contribution in [1.82, 2.24) is 4.98 Å². The first-order chi connectivity index (χ1) is 12.1. The summed E-state index contributed by atoms with van der Waals surface area (Å²) in [6, 6.07) is 17.7. The van der Waals surface area contributed by atoms with Gasteiger partial charge in [0.15, 0.2) is 0 Å². The molecule has 0 radical (unpaired) electrons. The molecule has 0 spiro atoms. The summed E-state index contributed by atoms with van der Waals surface area (Å²) in [6.45, 7) is 4.05. The molecule has 1 N–H and O–H groups in total. The van der Waals surface area contributed by atoms with Gasteiger partial charge in [-0.2, -0.15) is 0 Å². The number of hydrogen-bond acceptors (Lipinski definition) is 3. The van der Waals surface area contributed by atoms with E-state index >= 15 is 0 Å². The Morgan fingerprint density at radius 2 is 1.84 bits per heavy atom. The number of benzene rings is 2. The molecule has 0 atom stereocenters. The maximum atomic E-state index is 12.3. The highest BCUT2D eigenvalue weighted by Gasteiger charge is 2.07. The third-order valence-corrected chi connectivity index (χ3v) is 5.09. The van der Waals surface area contributed by atoms with E-state index < -0.39 is 0 Å². The van der Waals surface area contributed by atoms with Gasteiger partial charge in [-0.15, -0.1) is 11.8 Å². The summed E-state index contributed by atoms with van der Waals surface area (Å²) in [5.41, 5.74) is 4.98. The minimum atomic E-state index is -0.0844. The van der Waals surface area contributed by atoms with E-state index in [1.165, 1.54) is 11.1 Å². The largest absolute Gasteiger partial charge is 0.322 e. The number of nitrogens with zero attached hydrogens (tertiary/aromatic N) is 1. The number of carbonyl (C=O) groups excluding carboxylic acids is 1.